The number of nitrogens with zero attached hydrogens (tertiary/aromatic N) is 1. The Labute approximate surface area is 122 Å². The van der Waals surface area contributed by atoms with Crippen LogP contribution in [-0.2, 0) is 0 Å². The molecule has 0 spiro atoms. The van der Waals surface area contributed by atoms with Crippen molar-refractivity contribution in [3.05, 3.63) is 72.4 Å². The van der Waals surface area contributed by atoms with Crippen molar-refractivity contribution < 1.29 is 4.74 Å². The molecule has 3 heteroatoms. The lowest BCUT2D eigenvalue weighted by Crippen LogP contribution is -1.93. The van der Waals surface area contributed by atoms with E-state index in [1.165, 1.54) is 0 Å². The van der Waals surface area contributed by atoms with Crippen LogP contribution in [0.5, 0.6) is 5.75 Å². The molecule has 0 aliphatic carbocycles. The minimum atomic E-state index is 0.517. The highest BCUT2D eigenvalue weighted by Gasteiger charge is 2.04. The normalized spacial score (nSPS) is 10.7. The fourth-order valence-electron chi connectivity index (χ4n) is 2.19. The first-order valence-corrected chi connectivity index (χ1v) is 6.76. The Hall–Kier alpha value is -2.19. The number of halogens is 1. The summed E-state index contributed by atoms with van der Waals surface area (Å²) in [5, 5.41) is 1.88. The lowest BCUT2D eigenvalue weighted by Gasteiger charge is -2.07. The van der Waals surface area contributed by atoms with E-state index in [0.29, 0.717) is 6.61 Å². The van der Waals surface area contributed by atoms with Crippen LogP contribution in [0.15, 0.2) is 67.4 Å². The van der Waals surface area contributed by atoms with E-state index in [9.17, 15) is 0 Å². The molecule has 1 aromatic heterocycles. The van der Waals surface area contributed by atoms with Gasteiger partial charge in [0.1, 0.15) is 12.4 Å². The molecule has 0 amide bonds. The highest BCUT2D eigenvalue weighted by molar-refractivity contribution is 6.30. The summed E-state index contributed by atoms with van der Waals surface area (Å²) in [6.45, 7) is 4.17. The molecule has 0 atom stereocenters. The second-order valence-electron chi connectivity index (χ2n) is 4.48. The molecule has 1 heterocycles. The van der Waals surface area contributed by atoms with Gasteiger partial charge in [0.05, 0.1) is 5.52 Å². The Kier molecular flexibility index (Phi) is 3.48. The molecule has 20 heavy (non-hydrogen) atoms. The first-order chi connectivity index (χ1) is 9.78. The van der Waals surface area contributed by atoms with Crippen molar-refractivity contribution in [3.63, 3.8) is 0 Å². The molecular formula is C17H14ClNO. The van der Waals surface area contributed by atoms with Crippen LogP contribution < -0.4 is 4.74 Å². The summed E-state index contributed by atoms with van der Waals surface area (Å²) in [6, 6.07) is 15.9. The first-order valence-electron chi connectivity index (χ1n) is 6.39. The van der Waals surface area contributed by atoms with Gasteiger partial charge in [-0.25, -0.2) is 0 Å². The molecule has 0 aliphatic rings. The number of hydrogen-bond donors (Lipinski definition) is 0. The minimum Gasteiger partial charge on any atom is -0.490 e. The highest BCUT2D eigenvalue weighted by atomic mass is 35.5. The molecule has 0 saturated heterocycles. The van der Waals surface area contributed by atoms with Crippen LogP contribution in [0.3, 0.4) is 0 Å². The molecule has 3 aromatic rings. The Morgan fingerprint density at radius 2 is 1.90 bits per heavy atom. The van der Waals surface area contributed by atoms with E-state index >= 15 is 0 Å². The van der Waals surface area contributed by atoms with Crippen molar-refractivity contribution in [1.82, 2.24) is 4.57 Å². The molecule has 100 valence electrons. The van der Waals surface area contributed by atoms with Gasteiger partial charge in [0, 0.05) is 22.3 Å². The van der Waals surface area contributed by atoms with E-state index in [4.69, 9.17) is 16.3 Å². The zero-order chi connectivity index (χ0) is 13.9. The summed E-state index contributed by atoms with van der Waals surface area (Å²) >= 11 is 5.93. The van der Waals surface area contributed by atoms with Gasteiger partial charge in [0.2, 0.25) is 0 Å². The van der Waals surface area contributed by atoms with E-state index in [1.807, 2.05) is 42.6 Å². The first kappa shape index (κ1) is 12.8. The zero-order valence-corrected chi connectivity index (χ0v) is 11.7. The Balaban J connectivity index is 2.01. The number of ether oxygens (including phenoxy) is 1. The van der Waals surface area contributed by atoms with Crippen LogP contribution in [-0.4, -0.2) is 11.2 Å². The molecule has 2 nitrogen and oxygen atoms in total. The Bertz CT molecular complexity index is 743. The number of fused-ring (bicyclic) bond motifs is 1. The molecule has 0 aliphatic heterocycles. The fourth-order valence-corrected chi connectivity index (χ4v) is 2.32. The van der Waals surface area contributed by atoms with Gasteiger partial charge in [-0.15, -0.1) is 0 Å². The largest absolute Gasteiger partial charge is 0.490 e. The molecule has 0 N–H and O–H groups in total. The fraction of sp³-hybridized carbons (Fsp3) is 0.0588. The SMILES string of the molecule is C=CCOc1ccc2c(ccn2-c2ccc(Cl)cc2)c1. The van der Waals surface area contributed by atoms with Gasteiger partial charge in [-0.05, 0) is 48.5 Å². The Morgan fingerprint density at radius 1 is 1.10 bits per heavy atom. The van der Waals surface area contributed by atoms with Gasteiger partial charge in [-0.1, -0.05) is 24.3 Å². The number of rotatable bonds is 4. The van der Waals surface area contributed by atoms with Gasteiger partial charge >= 0.3 is 0 Å². The summed E-state index contributed by atoms with van der Waals surface area (Å²) in [5.41, 5.74) is 2.22. The second kappa shape index (κ2) is 5.43. The lowest BCUT2D eigenvalue weighted by atomic mass is 10.2. The predicted molar refractivity (Wildman–Crippen MR) is 84.0 cm³/mol. The van der Waals surface area contributed by atoms with Crippen molar-refractivity contribution in [3.8, 4) is 11.4 Å². The van der Waals surface area contributed by atoms with Crippen molar-refractivity contribution >= 4 is 22.5 Å². The number of hydrogen-bond acceptors (Lipinski definition) is 1. The summed E-state index contributed by atoms with van der Waals surface area (Å²) in [4.78, 5) is 0. The van der Waals surface area contributed by atoms with Crippen LogP contribution in [0.4, 0.5) is 0 Å². The van der Waals surface area contributed by atoms with Crippen molar-refractivity contribution in [1.29, 1.82) is 0 Å². The van der Waals surface area contributed by atoms with Gasteiger partial charge in [-0.2, -0.15) is 0 Å². The van der Waals surface area contributed by atoms with Crippen LogP contribution in [0.2, 0.25) is 5.02 Å². The van der Waals surface area contributed by atoms with E-state index < -0.39 is 0 Å². The third-order valence-electron chi connectivity index (χ3n) is 3.13. The van der Waals surface area contributed by atoms with E-state index in [-0.39, 0.29) is 0 Å². The van der Waals surface area contributed by atoms with Gasteiger partial charge in [0.15, 0.2) is 0 Å². The summed E-state index contributed by atoms with van der Waals surface area (Å²) in [5.74, 6) is 0.853. The quantitative estimate of drug-likeness (QED) is 0.624. The summed E-state index contributed by atoms with van der Waals surface area (Å²) in [7, 11) is 0. The third-order valence-corrected chi connectivity index (χ3v) is 3.39. The maximum Gasteiger partial charge on any atom is 0.120 e. The lowest BCUT2D eigenvalue weighted by molar-refractivity contribution is 0.364. The molecule has 0 fully saturated rings. The zero-order valence-electron chi connectivity index (χ0n) is 10.9. The van der Waals surface area contributed by atoms with Crippen LogP contribution >= 0.6 is 11.6 Å². The second-order valence-corrected chi connectivity index (χ2v) is 4.92. The van der Waals surface area contributed by atoms with E-state index in [1.54, 1.807) is 6.08 Å². The average Bonchev–Trinajstić information content (AvgIpc) is 2.89. The van der Waals surface area contributed by atoms with Crippen LogP contribution in [0.25, 0.3) is 16.6 Å². The van der Waals surface area contributed by atoms with Gasteiger partial charge in [-0.3, -0.25) is 0 Å². The molecule has 0 bridgehead atoms. The standard InChI is InChI=1S/C17H14ClNO/c1-2-11-20-16-7-8-17-13(12-16)9-10-19(17)15-5-3-14(18)4-6-15/h2-10,12H,1,11H2. The number of aromatic nitrogens is 1. The van der Waals surface area contributed by atoms with E-state index in [2.05, 4.69) is 23.3 Å². The molecule has 0 radical (unpaired) electrons. The molecule has 0 saturated carbocycles. The third kappa shape index (κ3) is 2.43. The molecular weight excluding hydrogens is 270 g/mol. The maximum atomic E-state index is 5.93. The highest BCUT2D eigenvalue weighted by Crippen LogP contribution is 2.25. The van der Waals surface area contributed by atoms with Crippen molar-refractivity contribution in [2.45, 2.75) is 0 Å². The molecule has 3 rings (SSSR count). The minimum absolute atomic E-state index is 0.517. The summed E-state index contributed by atoms with van der Waals surface area (Å²) in [6.07, 6.45) is 3.79. The van der Waals surface area contributed by atoms with Crippen LogP contribution in [0.1, 0.15) is 0 Å². The monoisotopic (exact) mass is 283 g/mol. The predicted octanol–water partition coefficient (Wildman–Crippen LogP) is 4.85. The maximum absolute atomic E-state index is 5.93. The number of benzene rings is 2. The molecule has 2 aromatic carbocycles. The van der Waals surface area contributed by atoms with Gasteiger partial charge in [0.25, 0.3) is 0 Å². The topological polar surface area (TPSA) is 14.2 Å². The van der Waals surface area contributed by atoms with Crippen molar-refractivity contribution in [2.75, 3.05) is 6.61 Å². The van der Waals surface area contributed by atoms with E-state index in [0.717, 1.165) is 27.4 Å². The average molecular weight is 284 g/mol. The molecule has 0 unspecified atom stereocenters. The van der Waals surface area contributed by atoms with Crippen LogP contribution in [0, 0.1) is 0 Å². The summed E-state index contributed by atoms with van der Waals surface area (Å²) < 4.78 is 7.68. The van der Waals surface area contributed by atoms with Crippen molar-refractivity contribution in [2.24, 2.45) is 0 Å². The Morgan fingerprint density at radius 3 is 2.65 bits per heavy atom. The smallest absolute Gasteiger partial charge is 0.120 e. The van der Waals surface area contributed by atoms with Gasteiger partial charge < -0.3 is 9.30 Å².